The van der Waals surface area contributed by atoms with Crippen molar-refractivity contribution < 1.29 is 19.1 Å². The number of fused-ring (bicyclic) bond motifs is 7. The molecule has 2 aromatic carbocycles. The highest BCUT2D eigenvalue weighted by Crippen LogP contribution is 2.52. The largest absolute Gasteiger partial charge is 0.454 e. The number of amides is 2. The standard InChI is InChI=1S/C26H21N3O4/c30-25-23-16-6-7-17(10-16)24(23)26(31)29(25)27-11-18-13-28(20-4-2-1-3-19(18)20)12-15-5-8-21-22(9-15)33-14-32-21/h1-9,11,13,16-17,23-24H,10,12,14H2. The Kier molecular flexibility index (Phi) is 3.86. The third-order valence-electron chi connectivity index (χ3n) is 7.37. The van der Waals surface area contributed by atoms with Crippen molar-refractivity contribution in [2.24, 2.45) is 28.8 Å². The second-order valence-electron chi connectivity index (χ2n) is 9.15. The maximum atomic E-state index is 12.9. The zero-order valence-corrected chi connectivity index (χ0v) is 17.8. The molecule has 3 heterocycles. The van der Waals surface area contributed by atoms with Gasteiger partial charge in [0.1, 0.15) is 0 Å². The second-order valence-corrected chi connectivity index (χ2v) is 9.15. The lowest BCUT2D eigenvalue weighted by Crippen LogP contribution is -2.28. The summed E-state index contributed by atoms with van der Waals surface area (Å²) in [6.07, 6.45) is 8.75. The SMILES string of the molecule is O=C1C2C3C=CC(C3)C2C(=O)N1N=Cc1cn(Cc2ccc3c(c2)OCO3)c2ccccc12. The first-order chi connectivity index (χ1) is 16.2. The van der Waals surface area contributed by atoms with E-state index in [2.05, 4.69) is 27.9 Å². The predicted molar refractivity (Wildman–Crippen MR) is 121 cm³/mol. The van der Waals surface area contributed by atoms with Crippen molar-refractivity contribution in [2.75, 3.05) is 6.79 Å². The van der Waals surface area contributed by atoms with E-state index in [1.54, 1.807) is 6.21 Å². The zero-order valence-electron chi connectivity index (χ0n) is 17.8. The molecule has 2 fully saturated rings. The summed E-state index contributed by atoms with van der Waals surface area (Å²) in [4.78, 5) is 25.9. The Morgan fingerprint density at radius 3 is 2.55 bits per heavy atom. The molecule has 2 amide bonds. The van der Waals surface area contributed by atoms with E-state index in [-0.39, 0.29) is 42.3 Å². The van der Waals surface area contributed by atoms with Gasteiger partial charge in [0.25, 0.3) is 11.8 Å². The topological polar surface area (TPSA) is 73.1 Å². The molecule has 1 saturated carbocycles. The number of nitrogens with zero attached hydrogens (tertiary/aromatic N) is 3. The molecule has 7 heteroatoms. The molecule has 4 atom stereocenters. The average molecular weight is 439 g/mol. The van der Waals surface area contributed by atoms with Crippen molar-refractivity contribution >= 4 is 28.9 Å². The summed E-state index contributed by atoms with van der Waals surface area (Å²) < 4.78 is 13.1. The molecule has 164 valence electrons. The highest BCUT2D eigenvalue weighted by atomic mass is 16.7. The highest BCUT2D eigenvalue weighted by Gasteiger charge is 2.59. The fraction of sp³-hybridized carbons (Fsp3) is 0.269. The van der Waals surface area contributed by atoms with Gasteiger partial charge in [0.05, 0.1) is 18.1 Å². The van der Waals surface area contributed by atoms with Crippen LogP contribution in [0.5, 0.6) is 11.5 Å². The quantitative estimate of drug-likeness (QED) is 0.354. The molecule has 2 aliphatic heterocycles. The number of carbonyl (C=O) groups excluding carboxylic acids is 2. The molecule has 4 unspecified atom stereocenters. The summed E-state index contributed by atoms with van der Waals surface area (Å²) in [5, 5.41) is 6.50. The van der Waals surface area contributed by atoms with Crippen molar-refractivity contribution in [1.29, 1.82) is 0 Å². The Morgan fingerprint density at radius 2 is 1.73 bits per heavy atom. The van der Waals surface area contributed by atoms with Crippen LogP contribution in [0, 0.1) is 23.7 Å². The molecular formula is C26H21N3O4. The van der Waals surface area contributed by atoms with Gasteiger partial charge >= 0.3 is 0 Å². The van der Waals surface area contributed by atoms with Gasteiger partial charge in [0.15, 0.2) is 11.5 Å². The van der Waals surface area contributed by atoms with Gasteiger partial charge in [-0.1, -0.05) is 36.4 Å². The third kappa shape index (κ3) is 2.71. The van der Waals surface area contributed by atoms with E-state index >= 15 is 0 Å². The first kappa shape index (κ1) is 18.7. The van der Waals surface area contributed by atoms with E-state index in [0.717, 1.165) is 45.0 Å². The summed E-state index contributed by atoms with van der Waals surface area (Å²) in [7, 11) is 0. The van der Waals surface area contributed by atoms with Crippen LogP contribution in [-0.4, -0.2) is 34.4 Å². The molecule has 7 rings (SSSR count). The number of allylic oxidation sites excluding steroid dienone is 2. The highest BCUT2D eigenvalue weighted by molar-refractivity contribution is 6.07. The van der Waals surface area contributed by atoms with E-state index < -0.39 is 0 Å². The van der Waals surface area contributed by atoms with Gasteiger partial charge in [0.2, 0.25) is 6.79 Å². The lowest BCUT2D eigenvalue weighted by atomic mass is 9.85. The minimum Gasteiger partial charge on any atom is -0.454 e. The first-order valence-electron chi connectivity index (χ1n) is 11.2. The Bertz CT molecular complexity index is 1360. The molecule has 33 heavy (non-hydrogen) atoms. The number of hydrazone groups is 1. The fourth-order valence-corrected chi connectivity index (χ4v) is 5.87. The van der Waals surface area contributed by atoms with Gasteiger partial charge in [0, 0.05) is 29.2 Å². The van der Waals surface area contributed by atoms with Crippen LogP contribution < -0.4 is 9.47 Å². The van der Waals surface area contributed by atoms with Gasteiger partial charge in [-0.3, -0.25) is 9.59 Å². The maximum absolute atomic E-state index is 12.9. The predicted octanol–water partition coefficient (Wildman–Crippen LogP) is 3.56. The zero-order chi connectivity index (χ0) is 22.1. The maximum Gasteiger partial charge on any atom is 0.254 e. The molecule has 0 radical (unpaired) electrons. The van der Waals surface area contributed by atoms with Crippen LogP contribution in [0.25, 0.3) is 10.9 Å². The Labute approximate surface area is 189 Å². The van der Waals surface area contributed by atoms with Crippen LogP contribution in [0.1, 0.15) is 17.5 Å². The van der Waals surface area contributed by atoms with Crippen LogP contribution in [0.15, 0.2) is 65.9 Å². The van der Waals surface area contributed by atoms with Gasteiger partial charge in [-0.15, -0.1) is 0 Å². The minimum atomic E-state index is -0.239. The van der Waals surface area contributed by atoms with E-state index in [1.165, 1.54) is 0 Å². The summed E-state index contributed by atoms with van der Waals surface area (Å²) in [5.74, 6) is 1.07. The summed E-state index contributed by atoms with van der Waals surface area (Å²) in [5.41, 5.74) is 3.00. The van der Waals surface area contributed by atoms with E-state index in [4.69, 9.17) is 9.47 Å². The van der Waals surface area contributed by atoms with Crippen molar-refractivity contribution in [3.8, 4) is 11.5 Å². The Hall–Kier alpha value is -3.87. The van der Waals surface area contributed by atoms with Crippen molar-refractivity contribution in [2.45, 2.75) is 13.0 Å². The van der Waals surface area contributed by atoms with E-state index in [1.807, 2.05) is 42.6 Å². The van der Waals surface area contributed by atoms with Gasteiger partial charge in [-0.05, 0) is 42.0 Å². The molecule has 3 aromatic rings. The molecule has 1 aromatic heterocycles. The fourth-order valence-electron chi connectivity index (χ4n) is 5.87. The molecule has 0 spiro atoms. The number of hydrogen-bond acceptors (Lipinski definition) is 5. The van der Waals surface area contributed by atoms with Crippen LogP contribution in [0.2, 0.25) is 0 Å². The molecule has 2 aliphatic carbocycles. The number of ether oxygens (including phenoxy) is 2. The molecule has 2 bridgehead atoms. The van der Waals surface area contributed by atoms with Crippen molar-refractivity contribution in [3.63, 3.8) is 0 Å². The molecule has 4 aliphatic rings. The smallest absolute Gasteiger partial charge is 0.254 e. The van der Waals surface area contributed by atoms with Crippen molar-refractivity contribution in [3.05, 3.63) is 71.9 Å². The minimum absolute atomic E-state index is 0.165. The number of imide groups is 1. The summed E-state index contributed by atoms with van der Waals surface area (Å²) in [6, 6.07) is 14.0. The number of hydrogen-bond donors (Lipinski definition) is 0. The Balaban J connectivity index is 1.20. The molecule has 7 nitrogen and oxygen atoms in total. The van der Waals surface area contributed by atoms with Gasteiger partial charge in [-0.2, -0.15) is 10.1 Å². The number of benzene rings is 2. The van der Waals surface area contributed by atoms with Gasteiger partial charge in [-0.25, -0.2) is 0 Å². The second kappa shape index (κ2) is 6.81. The number of rotatable bonds is 4. The molecule has 0 N–H and O–H groups in total. The Morgan fingerprint density at radius 1 is 0.970 bits per heavy atom. The van der Waals surface area contributed by atoms with Crippen LogP contribution in [0.3, 0.4) is 0 Å². The lowest BCUT2D eigenvalue weighted by Gasteiger charge is -2.13. The molecule has 1 saturated heterocycles. The number of carbonyl (C=O) groups is 2. The van der Waals surface area contributed by atoms with Crippen LogP contribution >= 0.6 is 0 Å². The van der Waals surface area contributed by atoms with E-state index in [9.17, 15) is 9.59 Å². The monoisotopic (exact) mass is 439 g/mol. The first-order valence-corrected chi connectivity index (χ1v) is 11.2. The third-order valence-corrected chi connectivity index (χ3v) is 7.37. The van der Waals surface area contributed by atoms with Gasteiger partial charge < -0.3 is 14.0 Å². The average Bonchev–Trinajstić information content (AvgIpc) is 3.64. The van der Waals surface area contributed by atoms with Crippen LogP contribution in [0.4, 0.5) is 0 Å². The number of aromatic nitrogens is 1. The summed E-state index contributed by atoms with van der Waals surface area (Å²) >= 11 is 0. The lowest BCUT2D eigenvalue weighted by molar-refractivity contribution is -0.140. The normalized spacial score (nSPS) is 27.0. The van der Waals surface area contributed by atoms with Crippen LogP contribution in [-0.2, 0) is 16.1 Å². The summed E-state index contributed by atoms with van der Waals surface area (Å²) in [6.45, 7) is 0.894. The van der Waals surface area contributed by atoms with E-state index in [0.29, 0.717) is 6.54 Å². The van der Waals surface area contributed by atoms with Crippen molar-refractivity contribution in [1.82, 2.24) is 9.58 Å². The molecular weight excluding hydrogens is 418 g/mol. The number of para-hydroxylation sites is 1.